The summed E-state index contributed by atoms with van der Waals surface area (Å²) < 4.78 is 12.2. The highest BCUT2D eigenvalue weighted by molar-refractivity contribution is 6.30. The Morgan fingerprint density at radius 3 is 2.91 bits per heavy atom. The molecular weight excluding hydrogens is 308 g/mol. The molecule has 0 radical (unpaired) electrons. The first-order valence-electron chi connectivity index (χ1n) is 7.01. The van der Waals surface area contributed by atoms with E-state index in [0.29, 0.717) is 49.2 Å². The molecule has 1 aromatic carbocycles. The van der Waals surface area contributed by atoms with Crippen LogP contribution in [0, 0.1) is 0 Å². The van der Waals surface area contributed by atoms with Crippen molar-refractivity contribution in [2.24, 2.45) is 0 Å². The Morgan fingerprint density at radius 1 is 1.41 bits per heavy atom. The van der Waals surface area contributed by atoms with Crippen LogP contribution in [0.4, 0.5) is 0 Å². The molecule has 7 nitrogen and oxygen atoms in total. The maximum atomic E-state index is 10.8. The molecule has 3 rings (SSSR count). The number of halogens is 1. The van der Waals surface area contributed by atoms with Crippen LogP contribution in [0.15, 0.2) is 18.2 Å². The van der Waals surface area contributed by atoms with Crippen LogP contribution in [0.5, 0.6) is 5.75 Å². The van der Waals surface area contributed by atoms with Gasteiger partial charge in [0.25, 0.3) is 0 Å². The molecule has 0 amide bonds. The van der Waals surface area contributed by atoms with Gasteiger partial charge in [0.15, 0.2) is 5.82 Å². The van der Waals surface area contributed by atoms with Crippen LogP contribution in [0.3, 0.4) is 0 Å². The van der Waals surface area contributed by atoms with Crippen molar-refractivity contribution in [3.05, 3.63) is 34.6 Å². The highest BCUT2D eigenvalue weighted by atomic mass is 35.5. The molecule has 0 aliphatic carbocycles. The lowest BCUT2D eigenvalue weighted by atomic mass is 9.93. The Hall–Kier alpha value is -1.70. The van der Waals surface area contributed by atoms with Crippen LogP contribution in [-0.4, -0.2) is 45.6 Å². The molecule has 1 aromatic heterocycles. The van der Waals surface area contributed by atoms with Gasteiger partial charge in [0.1, 0.15) is 11.4 Å². The summed E-state index contributed by atoms with van der Waals surface area (Å²) in [5.41, 5.74) is -0.215. The number of aliphatic hydroxyl groups is 1. The maximum absolute atomic E-state index is 10.8. The molecular formula is C14H17ClN4O3. The standard InChI is InChI=1S/C14H17ClN4O3/c1-21-12-3-2-11(15)8-10(12)9-19-13(16-17-18-19)14(20)4-6-22-7-5-14/h2-3,8,20H,4-7,9H2,1H3. The van der Waals surface area contributed by atoms with Gasteiger partial charge in [-0.3, -0.25) is 0 Å². The maximum Gasteiger partial charge on any atom is 0.183 e. The van der Waals surface area contributed by atoms with Gasteiger partial charge in [-0.05, 0) is 28.6 Å². The van der Waals surface area contributed by atoms with Crippen molar-refractivity contribution in [2.75, 3.05) is 20.3 Å². The highest BCUT2D eigenvalue weighted by Crippen LogP contribution is 2.31. The molecule has 0 unspecified atom stereocenters. The van der Waals surface area contributed by atoms with Crippen LogP contribution in [0.1, 0.15) is 24.2 Å². The van der Waals surface area contributed by atoms with E-state index in [4.69, 9.17) is 21.1 Å². The van der Waals surface area contributed by atoms with Gasteiger partial charge >= 0.3 is 0 Å². The molecule has 1 aliphatic rings. The third-order valence-corrected chi connectivity index (χ3v) is 4.07. The van der Waals surface area contributed by atoms with Gasteiger partial charge < -0.3 is 14.6 Å². The predicted octanol–water partition coefficient (Wildman–Crippen LogP) is 1.38. The summed E-state index contributed by atoms with van der Waals surface area (Å²) >= 11 is 6.05. The molecule has 2 heterocycles. The second-order valence-electron chi connectivity index (χ2n) is 5.26. The van der Waals surface area contributed by atoms with E-state index in [9.17, 15) is 5.11 Å². The number of aromatic nitrogens is 4. The topological polar surface area (TPSA) is 82.3 Å². The van der Waals surface area contributed by atoms with Crippen molar-refractivity contribution < 1.29 is 14.6 Å². The lowest BCUT2D eigenvalue weighted by molar-refractivity contribution is -0.0756. The third-order valence-electron chi connectivity index (χ3n) is 3.83. The van der Waals surface area contributed by atoms with Crippen molar-refractivity contribution in [2.45, 2.75) is 25.0 Å². The zero-order chi connectivity index (χ0) is 15.6. The summed E-state index contributed by atoms with van der Waals surface area (Å²) in [5.74, 6) is 1.14. The summed E-state index contributed by atoms with van der Waals surface area (Å²) in [4.78, 5) is 0. The van der Waals surface area contributed by atoms with Gasteiger partial charge in [-0.15, -0.1) is 5.10 Å². The number of hydrogen-bond donors (Lipinski definition) is 1. The SMILES string of the molecule is COc1ccc(Cl)cc1Cn1nnnc1C1(O)CCOCC1. The number of tetrazole rings is 1. The predicted molar refractivity (Wildman–Crippen MR) is 78.9 cm³/mol. The van der Waals surface area contributed by atoms with E-state index >= 15 is 0 Å². The van der Waals surface area contributed by atoms with Crippen LogP contribution in [-0.2, 0) is 16.9 Å². The minimum Gasteiger partial charge on any atom is -0.496 e. The molecule has 0 atom stereocenters. The Balaban J connectivity index is 1.91. The second-order valence-corrected chi connectivity index (χ2v) is 5.70. The lowest BCUT2D eigenvalue weighted by Gasteiger charge is -2.30. The Morgan fingerprint density at radius 2 is 2.18 bits per heavy atom. The van der Waals surface area contributed by atoms with Crippen molar-refractivity contribution in [3.8, 4) is 5.75 Å². The lowest BCUT2D eigenvalue weighted by Crippen LogP contribution is -2.36. The molecule has 8 heteroatoms. The molecule has 0 bridgehead atoms. The van der Waals surface area contributed by atoms with Gasteiger partial charge in [-0.25, -0.2) is 4.68 Å². The summed E-state index contributed by atoms with van der Waals surface area (Å²) in [5, 5.41) is 23.1. The molecule has 1 N–H and O–H groups in total. The van der Waals surface area contributed by atoms with Crippen LogP contribution in [0.2, 0.25) is 5.02 Å². The monoisotopic (exact) mass is 324 g/mol. The number of hydrogen-bond acceptors (Lipinski definition) is 6. The van der Waals surface area contributed by atoms with Crippen molar-refractivity contribution in [1.82, 2.24) is 20.2 Å². The molecule has 118 valence electrons. The minimum absolute atomic E-state index is 0.370. The normalized spacial score (nSPS) is 17.4. The van der Waals surface area contributed by atoms with Crippen molar-refractivity contribution in [1.29, 1.82) is 0 Å². The number of rotatable bonds is 4. The smallest absolute Gasteiger partial charge is 0.183 e. The molecule has 0 spiro atoms. The third kappa shape index (κ3) is 2.92. The van der Waals surface area contributed by atoms with Crippen LogP contribution in [0.25, 0.3) is 0 Å². The Kier molecular flexibility index (Phi) is 4.28. The van der Waals surface area contributed by atoms with Crippen molar-refractivity contribution >= 4 is 11.6 Å². The summed E-state index contributed by atoms with van der Waals surface area (Å²) in [6.07, 6.45) is 0.945. The van der Waals surface area contributed by atoms with Gasteiger partial charge in [0, 0.05) is 36.6 Å². The quantitative estimate of drug-likeness (QED) is 0.915. The zero-order valence-electron chi connectivity index (χ0n) is 12.2. The first-order chi connectivity index (χ1) is 10.6. The Bertz CT molecular complexity index is 655. The average molecular weight is 325 g/mol. The number of methoxy groups -OCH3 is 1. The van der Waals surface area contributed by atoms with E-state index in [2.05, 4.69) is 15.5 Å². The van der Waals surface area contributed by atoms with Gasteiger partial charge in [-0.1, -0.05) is 11.6 Å². The molecule has 2 aromatic rings. The summed E-state index contributed by atoms with van der Waals surface area (Å²) in [7, 11) is 1.60. The average Bonchev–Trinajstić information content (AvgIpc) is 2.97. The molecule has 1 fully saturated rings. The molecule has 0 saturated carbocycles. The van der Waals surface area contributed by atoms with Crippen LogP contribution < -0.4 is 4.74 Å². The second kappa shape index (κ2) is 6.20. The zero-order valence-corrected chi connectivity index (χ0v) is 13.0. The molecule has 1 saturated heterocycles. The minimum atomic E-state index is -1.06. The number of nitrogens with zero attached hydrogens (tertiary/aromatic N) is 4. The molecule has 1 aliphatic heterocycles. The first kappa shape index (κ1) is 15.2. The van der Waals surface area contributed by atoms with Gasteiger partial charge in [0.05, 0.1) is 13.7 Å². The van der Waals surface area contributed by atoms with E-state index < -0.39 is 5.60 Å². The van der Waals surface area contributed by atoms with Gasteiger partial charge in [0.2, 0.25) is 0 Å². The van der Waals surface area contributed by atoms with E-state index in [0.717, 1.165) is 5.56 Å². The highest BCUT2D eigenvalue weighted by Gasteiger charge is 2.37. The van der Waals surface area contributed by atoms with Gasteiger partial charge in [-0.2, -0.15) is 0 Å². The fourth-order valence-electron chi connectivity index (χ4n) is 2.61. The fourth-order valence-corrected chi connectivity index (χ4v) is 2.80. The molecule has 22 heavy (non-hydrogen) atoms. The summed E-state index contributed by atoms with van der Waals surface area (Å²) in [6.45, 7) is 1.35. The Labute approximate surface area is 132 Å². The van der Waals surface area contributed by atoms with E-state index in [-0.39, 0.29) is 0 Å². The van der Waals surface area contributed by atoms with Crippen LogP contribution >= 0.6 is 11.6 Å². The van der Waals surface area contributed by atoms with E-state index in [1.54, 1.807) is 30.0 Å². The van der Waals surface area contributed by atoms with E-state index in [1.165, 1.54) is 0 Å². The number of benzene rings is 1. The first-order valence-corrected chi connectivity index (χ1v) is 7.39. The van der Waals surface area contributed by atoms with E-state index in [1.807, 2.05) is 0 Å². The summed E-state index contributed by atoms with van der Waals surface area (Å²) in [6, 6.07) is 5.36. The fraction of sp³-hybridized carbons (Fsp3) is 0.500. The largest absolute Gasteiger partial charge is 0.496 e. The number of ether oxygens (including phenoxy) is 2. The van der Waals surface area contributed by atoms with Crippen molar-refractivity contribution in [3.63, 3.8) is 0 Å².